The molecule has 2 unspecified atom stereocenters. The molecule has 32 heavy (non-hydrogen) atoms. The molecule has 0 aliphatic carbocycles. The van der Waals surface area contributed by atoms with Gasteiger partial charge in [0.25, 0.3) is 0 Å². The van der Waals surface area contributed by atoms with E-state index in [4.69, 9.17) is 10.6 Å². The summed E-state index contributed by atoms with van der Waals surface area (Å²) in [5, 5.41) is 1.67. The largest absolute Gasteiger partial charge is 0.378 e. The number of hydrazine groups is 1. The van der Waals surface area contributed by atoms with Crippen LogP contribution in [0.4, 0.5) is 0 Å². The molecule has 10 heteroatoms. The summed E-state index contributed by atoms with van der Waals surface area (Å²) < 4.78 is 31.0. The van der Waals surface area contributed by atoms with Crippen molar-refractivity contribution in [2.45, 2.75) is 34.1 Å². The Morgan fingerprint density at radius 1 is 1.28 bits per heavy atom. The number of rotatable bonds is 6. The number of carbonyl (C=O) groups excluding carboxylic acids is 1. The number of hydrogen-bond acceptors (Lipinski definition) is 7. The van der Waals surface area contributed by atoms with Crippen LogP contribution in [0.1, 0.15) is 24.8 Å². The lowest BCUT2D eigenvalue weighted by atomic mass is 10.0. The fourth-order valence-electron chi connectivity index (χ4n) is 4.83. The van der Waals surface area contributed by atoms with Crippen molar-refractivity contribution < 1.29 is 17.9 Å². The van der Waals surface area contributed by atoms with E-state index in [0.717, 1.165) is 19.4 Å². The molecule has 0 aromatic heterocycles. The molecule has 2 saturated heterocycles. The van der Waals surface area contributed by atoms with Gasteiger partial charge >= 0.3 is 0 Å². The normalized spacial score (nSPS) is 24.3. The fourth-order valence-corrected chi connectivity index (χ4v) is 7.69. The minimum atomic E-state index is -3.55. The predicted molar refractivity (Wildman–Crippen MR) is 132 cm³/mol. The topological polar surface area (TPSA) is 96.2 Å². The van der Waals surface area contributed by atoms with E-state index < -0.39 is 13.8 Å². The van der Waals surface area contributed by atoms with E-state index in [-0.39, 0.29) is 16.6 Å². The molecule has 0 saturated carbocycles. The fraction of sp³-hybridized carbons (Fsp3) is 0.591. The Morgan fingerprint density at radius 2 is 2.00 bits per heavy atom. The van der Waals surface area contributed by atoms with Gasteiger partial charge in [-0.3, -0.25) is 4.79 Å². The molecule has 4 rings (SSSR count). The van der Waals surface area contributed by atoms with Gasteiger partial charge in [-0.25, -0.2) is 14.3 Å². The molecule has 8 nitrogen and oxygen atoms in total. The standard InChI is InChI=1S/C22H31IN4O4S/c1-25-9-4-5-16(25)8-10-27(24)21-17-6-2-3-7-19(17)32(29,30)15-18(21)20(23)22(28)26-11-13-31-14-12-26/h2-3,6-7,16,20H,4-5,8-15,24H2,1H3. The number of nitrogens with zero attached hydrogens (tertiary/aromatic N) is 3. The van der Waals surface area contributed by atoms with Crippen molar-refractivity contribution in [3.63, 3.8) is 0 Å². The highest BCUT2D eigenvalue weighted by Gasteiger charge is 2.38. The van der Waals surface area contributed by atoms with Crippen molar-refractivity contribution in [1.29, 1.82) is 0 Å². The first-order valence-electron chi connectivity index (χ1n) is 11.1. The summed E-state index contributed by atoms with van der Waals surface area (Å²) in [5.41, 5.74) is 1.84. The van der Waals surface area contributed by atoms with Gasteiger partial charge in [-0.2, -0.15) is 0 Å². The summed E-state index contributed by atoms with van der Waals surface area (Å²) in [4.78, 5) is 17.7. The molecule has 1 aromatic carbocycles. The van der Waals surface area contributed by atoms with Crippen molar-refractivity contribution in [1.82, 2.24) is 14.8 Å². The molecular weight excluding hydrogens is 543 g/mol. The third-order valence-electron chi connectivity index (χ3n) is 6.63. The van der Waals surface area contributed by atoms with Gasteiger partial charge in [0.15, 0.2) is 9.84 Å². The molecule has 0 spiro atoms. The number of fused-ring (bicyclic) bond motifs is 1. The van der Waals surface area contributed by atoms with Crippen molar-refractivity contribution in [2.75, 3.05) is 52.2 Å². The molecule has 1 aromatic rings. The van der Waals surface area contributed by atoms with E-state index in [0.29, 0.717) is 55.7 Å². The van der Waals surface area contributed by atoms with E-state index >= 15 is 0 Å². The predicted octanol–water partition coefficient (Wildman–Crippen LogP) is 1.51. The summed E-state index contributed by atoms with van der Waals surface area (Å²) in [5.74, 6) is 6.32. The Bertz CT molecular complexity index is 993. The van der Waals surface area contributed by atoms with E-state index in [2.05, 4.69) is 34.5 Å². The van der Waals surface area contributed by atoms with Gasteiger partial charge in [0.1, 0.15) is 3.92 Å². The van der Waals surface area contributed by atoms with E-state index in [1.165, 1.54) is 6.42 Å². The summed E-state index contributed by atoms with van der Waals surface area (Å²) in [6.07, 6.45) is 3.22. The Hall–Kier alpha value is -1.21. The summed E-state index contributed by atoms with van der Waals surface area (Å²) in [6.45, 7) is 3.72. The van der Waals surface area contributed by atoms with E-state index in [1.807, 2.05) is 6.07 Å². The lowest BCUT2D eigenvalue weighted by Crippen LogP contribution is -2.46. The molecule has 3 aliphatic heterocycles. The SMILES string of the molecule is CN1CCCC1CCN(N)C1=C(C(I)C(=O)N2CCOCC2)CS(=O)(=O)c2ccccc21. The highest BCUT2D eigenvalue weighted by Crippen LogP contribution is 2.38. The van der Waals surface area contributed by atoms with Crippen LogP contribution in [0.3, 0.4) is 0 Å². The lowest BCUT2D eigenvalue weighted by Gasteiger charge is -2.35. The highest BCUT2D eigenvalue weighted by molar-refractivity contribution is 14.1. The van der Waals surface area contributed by atoms with Crippen LogP contribution in [0.5, 0.6) is 0 Å². The zero-order chi connectivity index (χ0) is 22.9. The maximum Gasteiger partial charge on any atom is 0.239 e. The Balaban J connectivity index is 1.68. The number of amides is 1. The van der Waals surface area contributed by atoms with Gasteiger partial charge < -0.3 is 19.5 Å². The maximum atomic E-state index is 13.3. The Morgan fingerprint density at radius 3 is 2.69 bits per heavy atom. The van der Waals surface area contributed by atoms with Gasteiger partial charge in [-0.15, -0.1) is 0 Å². The second-order valence-electron chi connectivity index (χ2n) is 8.69. The molecule has 2 atom stereocenters. The molecule has 3 heterocycles. The molecule has 0 radical (unpaired) electrons. The zero-order valence-corrected chi connectivity index (χ0v) is 21.3. The maximum absolute atomic E-state index is 13.3. The average Bonchev–Trinajstić information content (AvgIpc) is 3.21. The smallest absolute Gasteiger partial charge is 0.239 e. The number of ether oxygens (including phenoxy) is 1. The van der Waals surface area contributed by atoms with Crippen LogP contribution >= 0.6 is 22.6 Å². The van der Waals surface area contributed by atoms with Crippen molar-refractivity contribution in [3.8, 4) is 0 Å². The lowest BCUT2D eigenvalue weighted by molar-refractivity contribution is -0.133. The van der Waals surface area contributed by atoms with Crippen molar-refractivity contribution >= 4 is 44.0 Å². The van der Waals surface area contributed by atoms with Crippen LogP contribution in [-0.4, -0.2) is 91.3 Å². The van der Waals surface area contributed by atoms with Crippen LogP contribution in [-0.2, 0) is 19.4 Å². The number of alkyl halides is 1. The first-order chi connectivity index (χ1) is 15.3. The average molecular weight is 574 g/mol. The first-order valence-corrected chi connectivity index (χ1v) is 14.0. The van der Waals surface area contributed by atoms with Crippen LogP contribution in [0.25, 0.3) is 5.70 Å². The van der Waals surface area contributed by atoms with Crippen LogP contribution in [0.2, 0.25) is 0 Å². The molecule has 2 N–H and O–H groups in total. The second-order valence-corrected chi connectivity index (χ2v) is 11.9. The minimum Gasteiger partial charge on any atom is -0.378 e. The summed E-state index contributed by atoms with van der Waals surface area (Å²) in [6, 6.07) is 7.45. The third kappa shape index (κ3) is 4.84. The number of morpholine rings is 1. The second kappa shape index (κ2) is 9.96. The number of likely N-dealkylation sites (tertiary alicyclic amines) is 1. The molecule has 3 aliphatic rings. The molecule has 176 valence electrons. The summed E-state index contributed by atoms with van der Waals surface area (Å²) >= 11 is 2.08. The van der Waals surface area contributed by atoms with Crippen molar-refractivity contribution in [2.24, 2.45) is 5.84 Å². The number of carbonyl (C=O) groups is 1. The first kappa shape index (κ1) is 23.9. The van der Waals surface area contributed by atoms with Gasteiger partial charge in [0, 0.05) is 31.2 Å². The highest BCUT2D eigenvalue weighted by atomic mass is 127. The quantitative estimate of drug-likeness (QED) is 0.238. The van der Waals surface area contributed by atoms with Crippen LogP contribution in [0, 0.1) is 0 Å². The number of nitrogens with two attached hydrogens (primary N) is 1. The third-order valence-corrected chi connectivity index (χ3v) is 9.64. The molecule has 2 fully saturated rings. The summed E-state index contributed by atoms with van der Waals surface area (Å²) in [7, 11) is -1.42. The Kier molecular flexibility index (Phi) is 7.45. The van der Waals surface area contributed by atoms with Crippen LogP contribution in [0.15, 0.2) is 34.7 Å². The van der Waals surface area contributed by atoms with Crippen molar-refractivity contribution in [3.05, 3.63) is 35.4 Å². The van der Waals surface area contributed by atoms with Gasteiger partial charge in [-0.1, -0.05) is 40.8 Å². The van der Waals surface area contributed by atoms with Gasteiger partial charge in [-0.05, 0) is 44.5 Å². The number of benzene rings is 1. The Labute approximate surface area is 203 Å². The molecular formula is C22H31IN4O4S. The monoisotopic (exact) mass is 574 g/mol. The minimum absolute atomic E-state index is 0.0834. The van der Waals surface area contributed by atoms with Gasteiger partial charge in [0.05, 0.1) is 29.6 Å². The molecule has 0 bridgehead atoms. The van der Waals surface area contributed by atoms with Gasteiger partial charge in [0.2, 0.25) is 5.91 Å². The number of halogens is 1. The molecule has 1 amide bonds. The van der Waals surface area contributed by atoms with E-state index in [9.17, 15) is 13.2 Å². The number of hydrogen-bond donors (Lipinski definition) is 1. The zero-order valence-electron chi connectivity index (χ0n) is 18.4. The van der Waals surface area contributed by atoms with Crippen LogP contribution < -0.4 is 5.84 Å². The van der Waals surface area contributed by atoms with E-state index in [1.54, 1.807) is 28.1 Å². The number of sulfone groups is 1.